The van der Waals surface area contributed by atoms with Crippen LogP contribution in [-0.4, -0.2) is 4.57 Å². The van der Waals surface area contributed by atoms with E-state index in [2.05, 4.69) is 210 Å². The molecule has 0 saturated heterocycles. The lowest BCUT2D eigenvalue weighted by Crippen LogP contribution is -2.09. The predicted octanol–water partition coefficient (Wildman–Crippen LogP) is 14.2. The van der Waals surface area contributed by atoms with Crippen molar-refractivity contribution in [2.75, 3.05) is 4.90 Å². The fourth-order valence-electron chi connectivity index (χ4n) is 7.95. The quantitative estimate of drug-likeness (QED) is 0.143. The Morgan fingerprint density at radius 1 is 0.509 bits per heavy atom. The number of anilines is 3. The molecule has 0 amide bonds. The van der Waals surface area contributed by atoms with E-state index in [0.29, 0.717) is 0 Å². The van der Waals surface area contributed by atoms with Gasteiger partial charge in [-0.2, -0.15) is 0 Å². The van der Waals surface area contributed by atoms with Gasteiger partial charge in [-0.1, -0.05) is 139 Å². The van der Waals surface area contributed by atoms with Crippen LogP contribution >= 0.6 is 0 Å². The van der Waals surface area contributed by atoms with Crippen LogP contribution < -0.4 is 4.90 Å². The van der Waals surface area contributed by atoms with Gasteiger partial charge in [0, 0.05) is 28.1 Å². The minimum Gasteiger partial charge on any atom is -0.310 e. The van der Waals surface area contributed by atoms with Crippen molar-refractivity contribution in [3.05, 3.63) is 211 Å². The Morgan fingerprint density at radius 2 is 1.11 bits per heavy atom. The zero-order valence-electron chi connectivity index (χ0n) is 30.6. The average molecular weight is 703 g/mol. The van der Waals surface area contributed by atoms with Gasteiger partial charge in [0.15, 0.2) is 0 Å². The van der Waals surface area contributed by atoms with Gasteiger partial charge in [0.05, 0.1) is 11.2 Å². The highest BCUT2D eigenvalue weighted by Gasteiger charge is 2.19. The number of hydrogen-bond donors (Lipinski definition) is 0. The lowest BCUT2D eigenvalue weighted by Gasteiger charge is -2.26. The molecule has 1 heterocycles. The van der Waals surface area contributed by atoms with E-state index in [4.69, 9.17) is 6.42 Å². The van der Waals surface area contributed by atoms with Crippen molar-refractivity contribution in [1.82, 2.24) is 4.57 Å². The second-order valence-electron chi connectivity index (χ2n) is 13.8. The molecule has 0 N–H and O–H groups in total. The molecule has 8 aromatic carbocycles. The Morgan fingerprint density at radius 3 is 1.91 bits per heavy atom. The average Bonchev–Trinajstić information content (AvgIpc) is 3.54. The molecule has 55 heavy (non-hydrogen) atoms. The molecular formula is C53H38N2. The van der Waals surface area contributed by atoms with Gasteiger partial charge in [-0.15, -0.1) is 6.42 Å². The van der Waals surface area contributed by atoms with Gasteiger partial charge >= 0.3 is 0 Å². The number of para-hydroxylation sites is 2. The van der Waals surface area contributed by atoms with Crippen LogP contribution in [0.25, 0.3) is 66.8 Å². The van der Waals surface area contributed by atoms with Crippen LogP contribution in [0.15, 0.2) is 200 Å². The molecule has 0 fully saturated rings. The largest absolute Gasteiger partial charge is 0.310 e. The summed E-state index contributed by atoms with van der Waals surface area (Å²) in [5.74, 6) is 2.69. The monoisotopic (exact) mass is 702 g/mol. The molecular weight excluding hydrogens is 665 g/mol. The van der Waals surface area contributed by atoms with Gasteiger partial charge in [-0.3, -0.25) is 0 Å². The maximum atomic E-state index is 5.69. The van der Waals surface area contributed by atoms with E-state index in [1.54, 1.807) is 6.08 Å². The summed E-state index contributed by atoms with van der Waals surface area (Å²) in [5.41, 5.74) is 14.9. The highest BCUT2D eigenvalue weighted by Crippen LogP contribution is 2.41. The number of rotatable bonds is 8. The van der Waals surface area contributed by atoms with E-state index in [0.717, 1.165) is 45.1 Å². The van der Waals surface area contributed by atoms with Crippen molar-refractivity contribution in [3.8, 4) is 51.4 Å². The van der Waals surface area contributed by atoms with Crippen LogP contribution in [0.5, 0.6) is 0 Å². The lowest BCUT2D eigenvalue weighted by molar-refractivity contribution is 1.10. The fraction of sp³-hybridized carbons (Fsp3) is 0.0189. The number of aryl methyl sites for hydroxylation is 1. The molecule has 0 spiro atoms. The third-order valence-corrected chi connectivity index (χ3v) is 10.5. The summed E-state index contributed by atoms with van der Waals surface area (Å²) in [6.07, 6.45) is 9.52. The Hall–Kier alpha value is -7.34. The first-order chi connectivity index (χ1) is 27.2. The van der Waals surface area contributed by atoms with Crippen molar-refractivity contribution in [1.29, 1.82) is 0 Å². The second kappa shape index (κ2) is 14.6. The second-order valence-corrected chi connectivity index (χ2v) is 13.8. The van der Waals surface area contributed by atoms with Crippen molar-refractivity contribution in [2.45, 2.75) is 6.92 Å². The number of benzene rings is 8. The van der Waals surface area contributed by atoms with Crippen LogP contribution in [0.4, 0.5) is 17.1 Å². The van der Waals surface area contributed by atoms with Crippen molar-refractivity contribution < 1.29 is 0 Å². The molecule has 0 radical (unpaired) electrons. The molecule has 0 unspecified atom stereocenters. The van der Waals surface area contributed by atoms with Crippen molar-refractivity contribution in [2.24, 2.45) is 0 Å². The molecule has 9 aromatic rings. The molecule has 2 heteroatoms. The van der Waals surface area contributed by atoms with Crippen molar-refractivity contribution in [3.63, 3.8) is 0 Å². The SMILES string of the molecule is C#C/C=C\c1c(C)c2c(-c3cccc(-c4cccc(N(c5ccccc5)c5ccc(-c6cccc7ccccc67)cc5)c4)c3)cccc2n1-c1ccccc1. The Bertz CT molecular complexity index is 2870. The molecule has 2 nitrogen and oxygen atoms in total. The highest BCUT2D eigenvalue weighted by molar-refractivity contribution is 6.02. The first-order valence-corrected chi connectivity index (χ1v) is 18.6. The fourth-order valence-corrected chi connectivity index (χ4v) is 7.95. The summed E-state index contributed by atoms with van der Waals surface area (Å²) in [4.78, 5) is 2.34. The number of nitrogens with zero attached hydrogens (tertiary/aromatic N) is 2. The van der Waals surface area contributed by atoms with Gasteiger partial charge in [0.1, 0.15) is 0 Å². The van der Waals surface area contributed by atoms with Gasteiger partial charge < -0.3 is 9.47 Å². The van der Waals surface area contributed by atoms with E-state index in [1.165, 1.54) is 44.0 Å². The molecule has 260 valence electrons. The molecule has 0 saturated carbocycles. The van der Waals surface area contributed by atoms with Crippen molar-refractivity contribution >= 4 is 44.8 Å². The van der Waals surface area contributed by atoms with Gasteiger partial charge in [-0.25, -0.2) is 0 Å². The Balaban J connectivity index is 1.12. The van der Waals surface area contributed by atoms with Crippen LogP contribution in [0.1, 0.15) is 11.3 Å². The number of fused-ring (bicyclic) bond motifs is 2. The molecule has 0 atom stereocenters. The molecule has 9 rings (SSSR count). The minimum atomic E-state index is 1.08. The van der Waals surface area contributed by atoms with Gasteiger partial charge in [-0.05, 0) is 129 Å². The Kier molecular flexibility index (Phi) is 8.88. The summed E-state index contributed by atoms with van der Waals surface area (Å²) < 4.78 is 2.31. The highest BCUT2D eigenvalue weighted by atomic mass is 15.1. The maximum absolute atomic E-state index is 5.69. The topological polar surface area (TPSA) is 8.17 Å². The molecule has 1 aromatic heterocycles. The number of hydrogen-bond acceptors (Lipinski definition) is 1. The Labute approximate surface area is 322 Å². The maximum Gasteiger partial charge on any atom is 0.0543 e. The summed E-state index contributed by atoms with van der Waals surface area (Å²) in [7, 11) is 0. The standard InChI is InChI=1S/C53H38N2/c1-3-4-30-51-38(2)53-50(29-16-31-52(53)55(51)45-24-9-6-10-25-45)43-21-13-19-41(36-43)42-20-14-26-47(37-42)54(44-22-7-5-8-23-44)46-34-32-40(33-35-46)49-28-15-18-39-17-11-12-27-48(39)49/h1,4-37H,2H3/b30-4-. The lowest BCUT2D eigenvalue weighted by atomic mass is 9.95. The molecule has 0 aliphatic rings. The normalized spacial score (nSPS) is 11.3. The summed E-state index contributed by atoms with van der Waals surface area (Å²) >= 11 is 0. The van der Waals surface area contributed by atoms with E-state index in [1.807, 2.05) is 12.1 Å². The third kappa shape index (κ3) is 6.29. The van der Waals surface area contributed by atoms with Crippen LogP contribution in [-0.2, 0) is 0 Å². The molecule has 0 bridgehead atoms. The number of aromatic nitrogens is 1. The zero-order valence-corrected chi connectivity index (χ0v) is 30.6. The molecule has 0 aliphatic heterocycles. The van der Waals surface area contributed by atoms with Gasteiger partial charge in [0.2, 0.25) is 0 Å². The number of terminal acetylenes is 1. The summed E-state index contributed by atoms with van der Waals surface area (Å²) in [6, 6.07) is 69.5. The van der Waals surface area contributed by atoms with Crippen LogP contribution in [0, 0.1) is 19.3 Å². The zero-order chi connectivity index (χ0) is 37.1. The predicted molar refractivity (Wildman–Crippen MR) is 234 cm³/mol. The van der Waals surface area contributed by atoms with E-state index in [-0.39, 0.29) is 0 Å². The summed E-state index contributed by atoms with van der Waals surface area (Å²) in [5, 5.41) is 3.72. The van der Waals surface area contributed by atoms with E-state index < -0.39 is 0 Å². The van der Waals surface area contributed by atoms with Gasteiger partial charge in [0.25, 0.3) is 0 Å². The van der Waals surface area contributed by atoms with Crippen LogP contribution in [0.3, 0.4) is 0 Å². The molecule has 0 aliphatic carbocycles. The smallest absolute Gasteiger partial charge is 0.0543 e. The first kappa shape index (κ1) is 33.5. The number of allylic oxidation sites excluding steroid dienone is 1. The minimum absolute atomic E-state index is 1.08. The van der Waals surface area contributed by atoms with E-state index in [9.17, 15) is 0 Å². The summed E-state index contributed by atoms with van der Waals surface area (Å²) in [6.45, 7) is 2.20. The third-order valence-electron chi connectivity index (χ3n) is 10.5. The van der Waals surface area contributed by atoms with E-state index >= 15 is 0 Å². The first-order valence-electron chi connectivity index (χ1n) is 18.6. The van der Waals surface area contributed by atoms with Crippen LogP contribution in [0.2, 0.25) is 0 Å².